The highest BCUT2D eigenvalue weighted by Crippen LogP contribution is 2.06. The molecule has 0 aromatic heterocycles. The smallest absolute Gasteiger partial charge is 0.303 e. The fourth-order valence-electron chi connectivity index (χ4n) is 1.38. The van der Waals surface area contributed by atoms with E-state index in [0.29, 0.717) is 13.0 Å². The predicted octanol–water partition coefficient (Wildman–Crippen LogP) is 1.94. The number of carboxylic acid groups (broad SMARTS) is 1. The second-order valence-electron chi connectivity index (χ2n) is 3.62. The molecule has 0 aromatic rings. The van der Waals surface area contributed by atoms with Gasteiger partial charge in [-0.05, 0) is 19.8 Å². The number of aliphatic carboxylic acids is 1. The van der Waals surface area contributed by atoms with Gasteiger partial charge in [-0.15, -0.1) is 0 Å². The van der Waals surface area contributed by atoms with Gasteiger partial charge in [-0.2, -0.15) is 0 Å². The Hall–Kier alpha value is -1.06. The van der Waals surface area contributed by atoms with Crippen LogP contribution in [0.15, 0.2) is 0 Å². The van der Waals surface area contributed by atoms with Gasteiger partial charge in [0.1, 0.15) is 0 Å². The first kappa shape index (κ1) is 13.9. The standard InChI is InChI=1S/C11H21NO3/c1-2-12-10(13)8-6-4-3-5-7-9-11(14)15/h2-9H2,1H3,(H,12,13)(H,14,15). The van der Waals surface area contributed by atoms with Gasteiger partial charge in [0.15, 0.2) is 0 Å². The van der Waals surface area contributed by atoms with Crippen molar-refractivity contribution in [2.45, 2.75) is 51.9 Å². The quantitative estimate of drug-likeness (QED) is 0.578. The number of rotatable bonds is 9. The van der Waals surface area contributed by atoms with Gasteiger partial charge in [0.25, 0.3) is 0 Å². The van der Waals surface area contributed by atoms with Crippen molar-refractivity contribution in [3.05, 3.63) is 0 Å². The van der Waals surface area contributed by atoms with Crippen molar-refractivity contribution in [1.29, 1.82) is 0 Å². The van der Waals surface area contributed by atoms with Crippen LogP contribution in [0.4, 0.5) is 0 Å². The van der Waals surface area contributed by atoms with Gasteiger partial charge >= 0.3 is 5.97 Å². The summed E-state index contributed by atoms with van der Waals surface area (Å²) < 4.78 is 0. The topological polar surface area (TPSA) is 66.4 Å². The van der Waals surface area contributed by atoms with E-state index in [9.17, 15) is 9.59 Å². The lowest BCUT2D eigenvalue weighted by molar-refractivity contribution is -0.137. The molecule has 0 saturated carbocycles. The van der Waals surface area contributed by atoms with Crippen LogP contribution in [0.1, 0.15) is 51.9 Å². The summed E-state index contributed by atoms with van der Waals surface area (Å²) >= 11 is 0. The lowest BCUT2D eigenvalue weighted by atomic mass is 10.1. The molecule has 0 heterocycles. The average molecular weight is 215 g/mol. The second-order valence-corrected chi connectivity index (χ2v) is 3.62. The van der Waals surface area contributed by atoms with Crippen LogP contribution in [0, 0.1) is 0 Å². The van der Waals surface area contributed by atoms with Crippen LogP contribution in [0.2, 0.25) is 0 Å². The molecule has 0 saturated heterocycles. The number of carbonyl (C=O) groups is 2. The molecule has 0 aliphatic rings. The normalized spacial score (nSPS) is 9.93. The van der Waals surface area contributed by atoms with E-state index in [0.717, 1.165) is 32.1 Å². The number of unbranched alkanes of at least 4 members (excludes halogenated alkanes) is 4. The summed E-state index contributed by atoms with van der Waals surface area (Å²) in [4.78, 5) is 21.2. The van der Waals surface area contributed by atoms with Gasteiger partial charge < -0.3 is 10.4 Å². The number of amides is 1. The first-order valence-corrected chi connectivity index (χ1v) is 5.65. The van der Waals surface area contributed by atoms with E-state index >= 15 is 0 Å². The lowest BCUT2D eigenvalue weighted by Crippen LogP contribution is -2.21. The summed E-state index contributed by atoms with van der Waals surface area (Å²) in [5, 5.41) is 11.1. The highest BCUT2D eigenvalue weighted by Gasteiger charge is 1.99. The Balaban J connectivity index is 3.11. The summed E-state index contributed by atoms with van der Waals surface area (Å²) in [6.45, 7) is 2.60. The summed E-state index contributed by atoms with van der Waals surface area (Å²) in [5.74, 6) is -0.611. The summed E-state index contributed by atoms with van der Waals surface area (Å²) in [7, 11) is 0. The van der Waals surface area contributed by atoms with Crippen LogP contribution >= 0.6 is 0 Å². The van der Waals surface area contributed by atoms with Crippen LogP contribution in [-0.4, -0.2) is 23.5 Å². The van der Waals surface area contributed by atoms with Crippen LogP contribution < -0.4 is 5.32 Å². The van der Waals surface area contributed by atoms with Crippen molar-refractivity contribution in [2.75, 3.05) is 6.54 Å². The van der Waals surface area contributed by atoms with Gasteiger partial charge in [0, 0.05) is 19.4 Å². The van der Waals surface area contributed by atoms with E-state index in [1.54, 1.807) is 0 Å². The molecular formula is C11H21NO3. The molecule has 0 rings (SSSR count). The highest BCUT2D eigenvalue weighted by atomic mass is 16.4. The first-order chi connectivity index (χ1) is 7.16. The number of nitrogens with one attached hydrogen (secondary N) is 1. The fourth-order valence-corrected chi connectivity index (χ4v) is 1.38. The van der Waals surface area contributed by atoms with Gasteiger partial charge in [0.05, 0.1) is 0 Å². The second kappa shape index (κ2) is 9.49. The van der Waals surface area contributed by atoms with E-state index in [4.69, 9.17) is 5.11 Å². The molecule has 4 nitrogen and oxygen atoms in total. The Morgan fingerprint density at radius 3 is 2.07 bits per heavy atom. The maximum atomic E-state index is 11.0. The maximum Gasteiger partial charge on any atom is 0.303 e. The van der Waals surface area contributed by atoms with Gasteiger partial charge in [0.2, 0.25) is 5.91 Å². The zero-order valence-corrected chi connectivity index (χ0v) is 9.42. The molecular weight excluding hydrogens is 194 g/mol. The van der Waals surface area contributed by atoms with Crippen molar-refractivity contribution in [2.24, 2.45) is 0 Å². The van der Waals surface area contributed by atoms with E-state index in [-0.39, 0.29) is 12.3 Å². The molecule has 0 unspecified atom stereocenters. The zero-order valence-electron chi connectivity index (χ0n) is 9.42. The average Bonchev–Trinajstić information content (AvgIpc) is 2.16. The number of carboxylic acids is 1. The first-order valence-electron chi connectivity index (χ1n) is 5.65. The summed E-state index contributed by atoms with van der Waals surface area (Å²) in [5.41, 5.74) is 0. The van der Waals surface area contributed by atoms with Crippen LogP contribution in [0.5, 0.6) is 0 Å². The van der Waals surface area contributed by atoms with Crippen molar-refractivity contribution in [3.8, 4) is 0 Å². The predicted molar refractivity (Wildman–Crippen MR) is 58.6 cm³/mol. The molecule has 0 aromatic carbocycles. The van der Waals surface area contributed by atoms with Crippen LogP contribution in [0.25, 0.3) is 0 Å². The largest absolute Gasteiger partial charge is 0.481 e. The minimum atomic E-state index is -0.725. The molecule has 15 heavy (non-hydrogen) atoms. The number of hydrogen-bond donors (Lipinski definition) is 2. The minimum absolute atomic E-state index is 0.114. The molecule has 0 atom stereocenters. The molecule has 0 fully saturated rings. The van der Waals surface area contributed by atoms with E-state index in [1.807, 2.05) is 6.92 Å². The lowest BCUT2D eigenvalue weighted by Gasteiger charge is -2.01. The molecule has 0 aliphatic heterocycles. The molecule has 2 N–H and O–H groups in total. The third-order valence-corrected chi connectivity index (χ3v) is 2.17. The Kier molecular flexibility index (Phi) is 8.82. The van der Waals surface area contributed by atoms with Crippen molar-refractivity contribution in [1.82, 2.24) is 5.32 Å². The monoisotopic (exact) mass is 215 g/mol. The highest BCUT2D eigenvalue weighted by molar-refractivity contribution is 5.75. The van der Waals surface area contributed by atoms with E-state index in [2.05, 4.69) is 5.32 Å². The Bertz CT molecular complexity index is 192. The Morgan fingerprint density at radius 1 is 1.00 bits per heavy atom. The third-order valence-electron chi connectivity index (χ3n) is 2.17. The van der Waals surface area contributed by atoms with Gasteiger partial charge in [-0.1, -0.05) is 19.3 Å². The van der Waals surface area contributed by atoms with Gasteiger partial charge in [-0.25, -0.2) is 0 Å². The van der Waals surface area contributed by atoms with E-state index < -0.39 is 5.97 Å². The third kappa shape index (κ3) is 10.9. The molecule has 0 aliphatic carbocycles. The SMILES string of the molecule is CCNC(=O)CCCCCCCC(=O)O. The Labute approximate surface area is 91.1 Å². The molecule has 1 amide bonds. The van der Waals surface area contributed by atoms with E-state index in [1.165, 1.54) is 0 Å². The molecule has 0 bridgehead atoms. The van der Waals surface area contributed by atoms with Crippen molar-refractivity contribution < 1.29 is 14.7 Å². The van der Waals surface area contributed by atoms with Gasteiger partial charge in [-0.3, -0.25) is 9.59 Å². The Morgan fingerprint density at radius 2 is 1.53 bits per heavy atom. The minimum Gasteiger partial charge on any atom is -0.481 e. The summed E-state index contributed by atoms with van der Waals surface area (Å²) in [6, 6.07) is 0. The van der Waals surface area contributed by atoms with Crippen molar-refractivity contribution in [3.63, 3.8) is 0 Å². The zero-order chi connectivity index (χ0) is 11.5. The number of hydrogen-bond acceptors (Lipinski definition) is 2. The van der Waals surface area contributed by atoms with Crippen LogP contribution in [0.3, 0.4) is 0 Å². The molecule has 0 spiro atoms. The maximum absolute atomic E-state index is 11.0. The molecule has 88 valence electrons. The molecule has 0 radical (unpaired) electrons. The molecule has 4 heteroatoms. The fraction of sp³-hybridized carbons (Fsp3) is 0.818. The van der Waals surface area contributed by atoms with Crippen LogP contribution in [-0.2, 0) is 9.59 Å². The number of carbonyl (C=O) groups excluding carboxylic acids is 1. The summed E-state index contributed by atoms with van der Waals surface area (Å²) in [6.07, 6.45) is 5.48. The van der Waals surface area contributed by atoms with Crippen molar-refractivity contribution >= 4 is 11.9 Å².